The van der Waals surface area contributed by atoms with E-state index in [2.05, 4.69) is 5.32 Å². The minimum atomic E-state index is -0.515. The molecule has 6 heteroatoms. The highest BCUT2D eigenvalue weighted by atomic mass is 16.3. The SMILES string of the molecule is CCC(=O)Nc1ccc(N(C)C)c(CN(Cc2ccco2)C(=O)C(C)(C)C)c1. The van der Waals surface area contributed by atoms with Crippen molar-refractivity contribution in [2.45, 2.75) is 47.2 Å². The number of anilines is 2. The lowest BCUT2D eigenvalue weighted by molar-refractivity contribution is -0.141. The summed E-state index contributed by atoms with van der Waals surface area (Å²) in [5.41, 5.74) is 2.18. The second-order valence-electron chi connectivity index (χ2n) is 8.13. The van der Waals surface area contributed by atoms with E-state index in [0.29, 0.717) is 19.5 Å². The summed E-state index contributed by atoms with van der Waals surface area (Å²) < 4.78 is 5.47. The van der Waals surface area contributed by atoms with Gasteiger partial charge in [-0.2, -0.15) is 0 Å². The topological polar surface area (TPSA) is 65.8 Å². The van der Waals surface area contributed by atoms with Crippen LogP contribution in [0.25, 0.3) is 0 Å². The number of carbonyl (C=O) groups is 2. The van der Waals surface area contributed by atoms with Crippen LogP contribution in [0.1, 0.15) is 45.4 Å². The molecular formula is C22H31N3O3. The summed E-state index contributed by atoms with van der Waals surface area (Å²) in [6.07, 6.45) is 2.03. The van der Waals surface area contributed by atoms with E-state index in [1.54, 1.807) is 11.2 Å². The first-order chi connectivity index (χ1) is 13.1. The van der Waals surface area contributed by atoms with Crippen molar-refractivity contribution in [3.63, 3.8) is 0 Å². The van der Waals surface area contributed by atoms with Crippen LogP contribution in [0.2, 0.25) is 0 Å². The summed E-state index contributed by atoms with van der Waals surface area (Å²) in [7, 11) is 3.93. The molecule has 1 heterocycles. The minimum Gasteiger partial charge on any atom is -0.467 e. The Morgan fingerprint density at radius 2 is 1.82 bits per heavy atom. The summed E-state index contributed by atoms with van der Waals surface area (Å²) in [6, 6.07) is 9.48. The van der Waals surface area contributed by atoms with Gasteiger partial charge in [0.1, 0.15) is 5.76 Å². The fraction of sp³-hybridized carbons (Fsp3) is 0.455. The summed E-state index contributed by atoms with van der Waals surface area (Å²) in [4.78, 5) is 28.7. The molecule has 0 atom stereocenters. The van der Waals surface area contributed by atoms with Crippen molar-refractivity contribution in [2.75, 3.05) is 24.3 Å². The van der Waals surface area contributed by atoms with Crippen LogP contribution in [-0.2, 0) is 22.7 Å². The third-order valence-electron chi connectivity index (χ3n) is 4.38. The molecule has 0 bridgehead atoms. The molecule has 0 spiro atoms. The van der Waals surface area contributed by atoms with Crippen molar-refractivity contribution in [3.05, 3.63) is 47.9 Å². The van der Waals surface area contributed by atoms with Crippen LogP contribution in [-0.4, -0.2) is 30.8 Å². The average molecular weight is 386 g/mol. The Morgan fingerprint density at radius 3 is 2.36 bits per heavy atom. The molecule has 0 saturated carbocycles. The number of hydrogen-bond donors (Lipinski definition) is 1. The lowest BCUT2D eigenvalue weighted by Crippen LogP contribution is -2.38. The monoisotopic (exact) mass is 385 g/mol. The molecule has 6 nitrogen and oxygen atoms in total. The molecule has 1 aromatic carbocycles. The zero-order valence-electron chi connectivity index (χ0n) is 17.7. The van der Waals surface area contributed by atoms with Crippen LogP contribution < -0.4 is 10.2 Å². The van der Waals surface area contributed by atoms with Crippen LogP contribution in [0.3, 0.4) is 0 Å². The van der Waals surface area contributed by atoms with E-state index in [-0.39, 0.29) is 11.8 Å². The molecule has 0 saturated heterocycles. The third-order valence-corrected chi connectivity index (χ3v) is 4.38. The predicted molar refractivity (Wildman–Crippen MR) is 112 cm³/mol. The molecule has 1 aromatic heterocycles. The van der Waals surface area contributed by atoms with E-state index < -0.39 is 5.41 Å². The summed E-state index contributed by atoms with van der Waals surface area (Å²) in [5.74, 6) is 0.734. The van der Waals surface area contributed by atoms with Crippen LogP contribution >= 0.6 is 0 Å². The number of hydrogen-bond acceptors (Lipinski definition) is 4. The lowest BCUT2D eigenvalue weighted by atomic mass is 9.94. The number of benzene rings is 1. The van der Waals surface area contributed by atoms with Crippen LogP contribution in [0.15, 0.2) is 41.0 Å². The van der Waals surface area contributed by atoms with Gasteiger partial charge in [0, 0.05) is 43.9 Å². The van der Waals surface area contributed by atoms with Crippen molar-refractivity contribution in [1.29, 1.82) is 0 Å². The highest BCUT2D eigenvalue weighted by molar-refractivity contribution is 5.91. The normalized spacial score (nSPS) is 11.2. The molecule has 0 fully saturated rings. The maximum atomic E-state index is 13.1. The van der Waals surface area contributed by atoms with E-state index in [1.165, 1.54) is 0 Å². The van der Waals surface area contributed by atoms with Gasteiger partial charge in [0.25, 0.3) is 0 Å². The number of nitrogens with zero attached hydrogens (tertiary/aromatic N) is 2. The van der Waals surface area contributed by atoms with Gasteiger partial charge in [-0.05, 0) is 35.9 Å². The molecular weight excluding hydrogens is 354 g/mol. The Labute approximate surface area is 167 Å². The van der Waals surface area contributed by atoms with Crippen molar-refractivity contribution >= 4 is 23.2 Å². The molecule has 1 N–H and O–H groups in total. The number of amides is 2. The highest BCUT2D eigenvalue weighted by Crippen LogP contribution is 2.28. The molecule has 0 radical (unpaired) electrons. The second kappa shape index (κ2) is 8.95. The summed E-state index contributed by atoms with van der Waals surface area (Å²) >= 11 is 0. The van der Waals surface area contributed by atoms with Crippen LogP contribution in [0.4, 0.5) is 11.4 Å². The first kappa shape index (κ1) is 21.5. The average Bonchev–Trinajstić information content (AvgIpc) is 3.12. The zero-order valence-corrected chi connectivity index (χ0v) is 17.7. The number of rotatable bonds is 7. The molecule has 0 aliphatic carbocycles. The predicted octanol–water partition coefficient (Wildman–Crippen LogP) is 4.27. The second-order valence-corrected chi connectivity index (χ2v) is 8.13. The van der Waals surface area contributed by atoms with E-state index in [1.807, 2.05) is 77.0 Å². The standard InChI is InChI=1S/C22H31N3O3/c1-7-20(26)23-17-10-11-19(24(5)6)16(13-17)14-25(21(27)22(2,3)4)15-18-9-8-12-28-18/h8-13H,7,14-15H2,1-6H3,(H,23,26). The Bertz CT molecular complexity index is 805. The van der Waals surface area contributed by atoms with Gasteiger partial charge in [0.15, 0.2) is 0 Å². The first-order valence-electron chi connectivity index (χ1n) is 9.53. The van der Waals surface area contributed by atoms with Crippen LogP contribution in [0, 0.1) is 5.41 Å². The van der Waals surface area contributed by atoms with Gasteiger partial charge in [-0.25, -0.2) is 0 Å². The van der Waals surface area contributed by atoms with E-state index in [4.69, 9.17) is 4.42 Å². The van der Waals surface area contributed by atoms with Gasteiger partial charge < -0.3 is 19.5 Å². The quantitative estimate of drug-likeness (QED) is 0.773. The summed E-state index contributed by atoms with van der Waals surface area (Å²) in [6.45, 7) is 8.36. The van der Waals surface area contributed by atoms with Gasteiger partial charge in [-0.1, -0.05) is 27.7 Å². The molecule has 0 aliphatic rings. The molecule has 0 unspecified atom stereocenters. The smallest absolute Gasteiger partial charge is 0.228 e. The van der Waals surface area contributed by atoms with Gasteiger partial charge in [-0.15, -0.1) is 0 Å². The van der Waals surface area contributed by atoms with Crippen molar-refractivity contribution in [1.82, 2.24) is 4.90 Å². The fourth-order valence-electron chi connectivity index (χ4n) is 2.95. The Hall–Kier alpha value is -2.76. The zero-order chi connectivity index (χ0) is 20.9. The van der Waals surface area contributed by atoms with Gasteiger partial charge in [0.05, 0.1) is 12.8 Å². The van der Waals surface area contributed by atoms with Crippen molar-refractivity contribution in [2.24, 2.45) is 5.41 Å². The van der Waals surface area contributed by atoms with Gasteiger partial charge in [-0.3, -0.25) is 9.59 Å². The van der Waals surface area contributed by atoms with E-state index in [0.717, 1.165) is 22.7 Å². The molecule has 2 aromatic rings. The number of nitrogens with one attached hydrogen (secondary N) is 1. The summed E-state index contributed by atoms with van der Waals surface area (Å²) in [5, 5.41) is 2.90. The lowest BCUT2D eigenvalue weighted by Gasteiger charge is -2.30. The largest absolute Gasteiger partial charge is 0.467 e. The Balaban J connectivity index is 2.38. The molecule has 2 amide bonds. The van der Waals surface area contributed by atoms with Gasteiger partial charge >= 0.3 is 0 Å². The fourth-order valence-corrected chi connectivity index (χ4v) is 2.95. The highest BCUT2D eigenvalue weighted by Gasteiger charge is 2.28. The molecule has 0 aliphatic heterocycles. The maximum Gasteiger partial charge on any atom is 0.228 e. The number of carbonyl (C=O) groups excluding carboxylic acids is 2. The maximum absolute atomic E-state index is 13.1. The number of furan rings is 1. The van der Waals surface area contributed by atoms with Crippen LogP contribution in [0.5, 0.6) is 0 Å². The molecule has 152 valence electrons. The Morgan fingerprint density at radius 1 is 1.11 bits per heavy atom. The molecule has 28 heavy (non-hydrogen) atoms. The van der Waals surface area contributed by atoms with E-state index in [9.17, 15) is 9.59 Å². The van der Waals surface area contributed by atoms with E-state index >= 15 is 0 Å². The Kier molecular flexibility index (Phi) is 6.89. The van der Waals surface area contributed by atoms with Crippen molar-refractivity contribution < 1.29 is 14.0 Å². The molecule has 2 rings (SSSR count). The third kappa shape index (κ3) is 5.62. The van der Waals surface area contributed by atoms with Crippen molar-refractivity contribution in [3.8, 4) is 0 Å². The minimum absolute atomic E-state index is 0.0385. The first-order valence-corrected chi connectivity index (χ1v) is 9.53. The van der Waals surface area contributed by atoms with Gasteiger partial charge in [0.2, 0.25) is 11.8 Å².